The minimum atomic E-state index is -1.74. The minimum absolute atomic E-state index is 0.0204. The Labute approximate surface area is 412 Å². The van der Waals surface area contributed by atoms with Gasteiger partial charge in [-0.2, -0.15) is 0 Å². The van der Waals surface area contributed by atoms with Gasteiger partial charge < -0.3 is 97.2 Å². The number of para-hydroxylation sites is 1. The van der Waals surface area contributed by atoms with Crippen LogP contribution in [0.3, 0.4) is 0 Å². The number of amides is 9. The highest BCUT2D eigenvalue weighted by Gasteiger charge is 2.33. The van der Waals surface area contributed by atoms with E-state index in [0.29, 0.717) is 16.5 Å². The predicted octanol–water partition coefficient (Wildman–Crippen LogP) is -8.11. The number of nitrogens with two attached hydrogens (primary N) is 6. The number of fused-ring (bicyclic) bond motifs is 1. The lowest BCUT2D eigenvalue weighted by molar-refractivity contribution is -0.142. The number of guanidine groups is 2. The van der Waals surface area contributed by atoms with Crippen LogP contribution in [0.2, 0.25) is 0 Å². The second-order valence-corrected chi connectivity index (χ2v) is 16.5. The van der Waals surface area contributed by atoms with Gasteiger partial charge >= 0.3 is 5.97 Å². The number of aromatic amines is 1. The number of aliphatic hydroxyl groups excluding tert-OH is 2. The fraction of sp³-hybridized carbons (Fsp3) is 0.524. The third-order valence-corrected chi connectivity index (χ3v) is 10.4. The number of carbonyl (C=O) groups excluding carboxylic acids is 9. The molecule has 2 rings (SSSR count). The summed E-state index contributed by atoms with van der Waals surface area (Å²) in [6.07, 6.45) is 0.469. The fourth-order valence-corrected chi connectivity index (χ4v) is 6.52. The summed E-state index contributed by atoms with van der Waals surface area (Å²) in [4.78, 5) is 140. The van der Waals surface area contributed by atoms with Gasteiger partial charge in [0, 0.05) is 36.6 Å². The van der Waals surface area contributed by atoms with Crippen molar-refractivity contribution >= 4 is 82.0 Å². The number of rotatable bonds is 32. The number of benzene rings is 1. The Morgan fingerprint density at radius 2 is 1.06 bits per heavy atom. The van der Waals surface area contributed by atoms with Crippen molar-refractivity contribution in [1.82, 2.24) is 47.5 Å². The number of H-pyrrole nitrogens is 1. The lowest BCUT2D eigenvalue weighted by atomic mass is 10.0. The van der Waals surface area contributed by atoms with E-state index < -0.39 is 134 Å². The monoisotopic (exact) mass is 1020 g/mol. The Kier molecular flexibility index (Phi) is 25.4. The molecule has 0 fully saturated rings. The van der Waals surface area contributed by atoms with Crippen molar-refractivity contribution in [2.24, 2.45) is 50.3 Å². The van der Waals surface area contributed by atoms with Crippen LogP contribution in [0.1, 0.15) is 51.5 Å². The van der Waals surface area contributed by atoms with E-state index >= 15 is 0 Å². The fourth-order valence-electron chi connectivity index (χ4n) is 6.52. The number of aliphatic hydroxyl groups is 2. The van der Waals surface area contributed by atoms with E-state index in [4.69, 9.17) is 34.4 Å². The van der Waals surface area contributed by atoms with E-state index in [1.165, 1.54) is 0 Å². The predicted molar refractivity (Wildman–Crippen MR) is 258 cm³/mol. The average Bonchev–Trinajstić information content (AvgIpc) is 3.73. The largest absolute Gasteiger partial charge is 0.480 e. The third-order valence-electron chi connectivity index (χ3n) is 10.4. The molecule has 1 heterocycles. The van der Waals surface area contributed by atoms with Crippen molar-refractivity contribution in [1.29, 1.82) is 0 Å². The van der Waals surface area contributed by atoms with Gasteiger partial charge in [0.25, 0.3) is 0 Å². The quantitative estimate of drug-likeness (QED) is 0.0184. The Hall–Kier alpha value is -8.12. The van der Waals surface area contributed by atoms with Gasteiger partial charge in [-0.3, -0.25) is 53.1 Å². The van der Waals surface area contributed by atoms with Crippen LogP contribution in [0.25, 0.3) is 10.9 Å². The number of nitrogens with zero attached hydrogens (tertiary/aromatic N) is 2. The van der Waals surface area contributed by atoms with Gasteiger partial charge in [0.05, 0.1) is 38.8 Å². The zero-order valence-electron chi connectivity index (χ0n) is 39.8. The highest BCUT2D eigenvalue weighted by Crippen LogP contribution is 2.19. The number of aliphatic imine (C=N–C) groups is 2. The van der Waals surface area contributed by atoms with Crippen LogP contribution >= 0.6 is 0 Å². The van der Waals surface area contributed by atoms with Crippen LogP contribution in [0.15, 0.2) is 40.4 Å². The SMILES string of the molecule is CC(C)[C@H](N)C(=O)N[C@@H](CO)C(=O)NCC(=O)N[C@@H](CC(N)=O)C(=O)N[C@@H](Cc1c[nH]c2ccccc12)C(=O)N[C@@H](CCCN=C(N)N)C(=O)NCC(=O)N[C@@H](CO)C(=O)N[C@@H](CCCN=C(N)N)C(=O)O. The number of hydrogen-bond donors (Lipinski definition) is 18. The zero-order valence-corrected chi connectivity index (χ0v) is 39.8. The first kappa shape index (κ1) is 60.0. The van der Waals surface area contributed by atoms with Crippen LogP contribution in [-0.2, 0) is 54.4 Å². The topological polar surface area (TPSA) is 524 Å². The molecule has 0 saturated carbocycles. The maximum Gasteiger partial charge on any atom is 0.326 e. The van der Waals surface area contributed by atoms with Gasteiger partial charge in [-0.1, -0.05) is 32.0 Å². The Bertz CT molecular complexity index is 2280. The summed E-state index contributed by atoms with van der Waals surface area (Å²) in [5.74, 6) is -11.2. The smallest absolute Gasteiger partial charge is 0.326 e. The van der Waals surface area contributed by atoms with Crippen LogP contribution in [-0.4, -0.2) is 173 Å². The molecule has 0 saturated heterocycles. The highest BCUT2D eigenvalue weighted by atomic mass is 16.4. The molecule has 0 bridgehead atoms. The van der Waals surface area contributed by atoms with Gasteiger partial charge in [0.1, 0.15) is 36.3 Å². The van der Waals surface area contributed by atoms with E-state index in [9.17, 15) is 63.3 Å². The summed E-state index contributed by atoms with van der Waals surface area (Å²) in [6, 6.07) is -3.45. The van der Waals surface area contributed by atoms with Gasteiger partial charge in [-0.05, 0) is 43.2 Å². The van der Waals surface area contributed by atoms with Crippen molar-refractivity contribution < 1.29 is 63.3 Å². The van der Waals surface area contributed by atoms with Crippen molar-refractivity contribution in [2.75, 3.05) is 39.4 Å². The second kappa shape index (κ2) is 30.5. The van der Waals surface area contributed by atoms with Crippen LogP contribution in [0, 0.1) is 5.92 Å². The normalized spacial score (nSPS) is 13.8. The number of carbonyl (C=O) groups is 10. The summed E-state index contributed by atoms with van der Waals surface area (Å²) in [7, 11) is 0. The molecule has 1 aromatic carbocycles. The molecule has 398 valence electrons. The molecule has 0 spiro atoms. The first-order valence-electron chi connectivity index (χ1n) is 22.5. The molecule has 0 unspecified atom stereocenters. The maximum atomic E-state index is 14.3. The maximum absolute atomic E-state index is 14.3. The molecule has 30 heteroatoms. The van der Waals surface area contributed by atoms with Crippen LogP contribution < -0.4 is 76.9 Å². The Morgan fingerprint density at radius 3 is 1.58 bits per heavy atom. The number of hydrogen-bond acceptors (Lipinski definition) is 15. The number of carboxylic acids is 1. The first-order valence-corrected chi connectivity index (χ1v) is 22.5. The van der Waals surface area contributed by atoms with Gasteiger partial charge in [0.2, 0.25) is 53.2 Å². The molecule has 0 radical (unpaired) electrons. The summed E-state index contributed by atoms with van der Waals surface area (Å²) in [6.45, 7) is -0.113. The third kappa shape index (κ3) is 21.3. The molecular formula is C42H67N17O13. The zero-order chi connectivity index (χ0) is 54.1. The second-order valence-electron chi connectivity index (χ2n) is 16.5. The van der Waals surface area contributed by atoms with Crippen LogP contribution in [0.5, 0.6) is 0 Å². The summed E-state index contributed by atoms with van der Waals surface area (Å²) < 4.78 is 0. The van der Waals surface area contributed by atoms with Crippen LogP contribution in [0.4, 0.5) is 0 Å². The van der Waals surface area contributed by atoms with E-state index in [-0.39, 0.29) is 63.0 Å². The number of carboxylic acid groups (broad SMARTS) is 1. The summed E-state index contributed by atoms with van der Waals surface area (Å²) >= 11 is 0. The van der Waals surface area contributed by atoms with Gasteiger partial charge in [0.15, 0.2) is 11.9 Å². The van der Waals surface area contributed by atoms with E-state index in [2.05, 4.69) is 57.5 Å². The van der Waals surface area contributed by atoms with E-state index in [1.807, 2.05) is 0 Å². The van der Waals surface area contributed by atoms with Gasteiger partial charge in [-0.25, -0.2) is 4.79 Å². The molecule has 30 nitrogen and oxygen atoms in total. The molecule has 24 N–H and O–H groups in total. The molecule has 72 heavy (non-hydrogen) atoms. The Balaban J connectivity index is 2.32. The first-order chi connectivity index (χ1) is 34.0. The van der Waals surface area contributed by atoms with Gasteiger partial charge in [-0.15, -0.1) is 0 Å². The molecule has 2 aromatic rings. The summed E-state index contributed by atoms with van der Waals surface area (Å²) in [5, 5.41) is 48.2. The van der Waals surface area contributed by atoms with E-state index in [0.717, 1.165) is 0 Å². The molecule has 0 aliphatic rings. The molecular weight excluding hydrogens is 951 g/mol. The number of aliphatic carboxylic acids is 1. The van der Waals surface area contributed by atoms with Crippen molar-refractivity contribution in [3.8, 4) is 0 Å². The van der Waals surface area contributed by atoms with Crippen molar-refractivity contribution in [3.05, 3.63) is 36.0 Å². The molecule has 7 atom stereocenters. The molecule has 9 amide bonds. The average molecular weight is 1020 g/mol. The molecule has 0 aliphatic heterocycles. The molecule has 0 aliphatic carbocycles. The number of aromatic nitrogens is 1. The summed E-state index contributed by atoms with van der Waals surface area (Å²) in [5.41, 5.74) is 33.8. The number of nitrogens with one attached hydrogen (secondary N) is 9. The number of primary amides is 1. The standard InChI is InChI=1S/C42H67N17O13/c1-20(2)33(44)39(70)59-28(18-60)35(66)53-16-31(63)54-27(14-30(43)62)37(68)58-26(13-21-15-51-23-8-4-3-7-22(21)23)36(67)56-24(9-5-11-49-41(45)46)34(65)52-17-32(64)55-29(19-61)38(69)57-25(40(71)72)10-6-12-50-42(47)48/h3-4,7-8,15,20,24-29,33,51,60-61H,5-6,9-14,16-19,44H2,1-2H3,(H2,43,62)(H,52,65)(H,53,66)(H,54,63)(H,55,64)(H,56,67)(H,57,69)(H,58,68)(H,59,70)(H,71,72)(H4,45,46,49)(H4,47,48,50)/t24-,25-,26-,27-,28-,29-,33-/m0/s1. The van der Waals surface area contributed by atoms with Crippen molar-refractivity contribution in [3.63, 3.8) is 0 Å². The van der Waals surface area contributed by atoms with E-state index in [1.54, 1.807) is 44.3 Å². The van der Waals surface area contributed by atoms with Crippen molar-refractivity contribution in [2.45, 2.75) is 94.7 Å². The molecule has 1 aromatic heterocycles. The highest BCUT2D eigenvalue weighted by molar-refractivity contribution is 5.98. The minimum Gasteiger partial charge on any atom is -0.480 e. The lowest BCUT2D eigenvalue weighted by Crippen LogP contribution is -2.59. The lowest BCUT2D eigenvalue weighted by Gasteiger charge is -2.25. The Morgan fingerprint density at radius 1 is 0.597 bits per heavy atom.